The standard InChI is InChI=1S/C10H8O2.N2/c11-10(12)9-6-5-7-3-1-2-4-8(7)9;1-2/h1-6,9H,(H,11,12);. The van der Waals surface area contributed by atoms with E-state index in [2.05, 4.69) is 0 Å². The molecule has 0 bridgehead atoms. The maximum Gasteiger partial charge on any atom is 0.314 e. The SMILES string of the molecule is N#N.O=C(O)C1C=Cc2ccccc21. The first-order valence-corrected chi connectivity index (χ1v) is 3.99. The minimum atomic E-state index is -0.781. The van der Waals surface area contributed by atoms with Gasteiger partial charge in [0, 0.05) is 10.8 Å². The number of hydrogen-bond donors (Lipinski definition) is 1. The van der Waals surface area contributed by atoms with Crippen LogP contribution in [0.1, 0.15) is 17.0 Å². The molecular formula is C10H8N2O2. The third-order valence-corrected chi connectivity index (χ3v) is 2.07. The van der Waals surface area contributed by atoms with Crippen LogP contribution in [0.2, 0.25) is 0 Å². The van der Waals surface area contributed by atoms with Crippen molar-refractivity contribution in [1.82, 2.24) is 0 Å². The minimum Gasteiger partial charge on any atom is -0.481 e. The summed E-state index contributed by atoms with van der Waals surface area (Å²) in [6.07, 6.45) is 3.57. The maximum absolute atomic E-state index is 10.7. The minimum absolute atomic E-state index is 0.443. The number of fused-ring (bicyclic) bond motifs is 1. The second kappa shape index (κ2) is 4.19. The molecule has 0 aromatic heterocycles. The number of nitrogens with zero attached hydrogens (tertiary/aromatic N) is 2. The molecule has 2 rings (SSSR count). The Morgan fingerprint density at radius 2 is 1.93 bits per heavy atom. The van der Waals surface area contributed by atoms with Crippen LogP contribution in [0.3, 0.4) is 0 Å². The van der Waals surface area contributed by atoms with Crippen LogP contribution in [0, 0.1) is 10.8 Å². The Balaban J connectivity index is 0.000000461. The summed E-state index contributed by atoms with van der Waals surface area (Å²) in [5.41, 5.74) is 1.91. The van der Waals surface area contributed by atoms with Crippen LogP contribution in [0.4, 0.5) is 0 Å². The highest BCUT2D eigenvalue weighted by atomic mass is 16.4. The van der Waals surface area contributed by atoms with E-state index < -0.39 is 11.9 Å². The van der Waals surface area contributed by atoms with Crippen molar-refractivity contribution in [3.8, 4) is 0 Å². The average molecular weight is 188 g/mol. The fourth-order valence-electron chi connectivity index (χ4n) is 1.46. The Morgan fingerprint density at radius 1 is 1.29 bits per heavy atom. The lowest BCUT2D eigenvalue weighted by molar-refractivity contribution is -0.137. The lowest BCUT2D eigenvalue weighted by Gasteiger charge is -2.03. The highest BCUT2D eigenvalue weighted by molar-refractivity contribution is 5.84. The first-order chi connectivity index (χ1) is 6.79. The third kappa shape index (κ3) is 1.62. The molecule has 0 spiro atoms. The van der Waals surface area contributed by atoms with Gasteiger partial charge in [-0.1, -0.05) is 36.4 Å². The Kier molecular flexibility index (Phi) is 2.97. The molecule has 4 nitrogen and oxygen atoms in total. The van der Waals surface area contributed by atoms with Gasteiger partial charge in [-0.25, -0.2) is 0 Å². The average Bonchev–Trinajstić information content (AvgIpc) is 2.64. The molecule has 1 aromatic carbocycles. The molecule has 0 amide bonds. The van der Waals surface area contributed by atoms with Gasteiger partial charge in [0.1, 0.15) is 5.92 Å². The number of carboxylic acids is 1. The highest BCUT2D eigenvalue weighted by Crippen LogP contribution is 2.29. The van der Waals surface area contributed by atoms with Gasteiger partial charge >= 0.3 is 5.97 Å². The van der Waals surface area contributed by atoms with Gasteiger partial charge in [-0.3, -0.25) is 4.79 Å². The first kappa shape index (κ1) is 9.93. The van der Waals surface area contributed by atoms with Crippen molar-refractivity contribution < 1.29 is 9.90 Å². The zero-order valence-electron chi connectivity index (χ0n) is 7.29. The summed E-state index contributed by atoms with van der Waals surface area (Å²) in [6.45, 7) is 0. The van der Waals surface area contributed by atoms with E-state index in [0.29, 0.717) is 0 Å². The maximum atomic E-state index is 10.7. The van der Waals surface area contributed by atoms with Crippen molar-refractivity contribution >= 4 is 12.0 Å². The number of hydrogen-bond acceptors (Lipinski definition) is 3. The van der Waals surface area contributed by atoms with Gasteiger partial charge in [-0.2, -0.15) is 0 Å². The summed E-state index contributed by atoms with van der Waals surface area (Å²) in [6, 6.07) is 7.55. The number of carbonyl (C=O) groups is 1. The van der Waals surface area contributed by atoms with Crippen molar-refractivity contribution in [3.63, 3.8) is 0 Å². The molecule has 1 aliphatic rings. The Bertz CT molecular complexity index is 396. The summed E-state index contributed by atoms with van der Waals surface area (Å²) in [4.78, 5) is 10.7. The smallest absolute Gasteiger partial charge is 0.314 e. The molecule has 0 fully saturated rings. The van der Waals surface area contributed by atoms with Gasteiger partial charge in [-0.15, -0.1) is 0 Å². The second-order valence-corrected chi connectivity index (χ2v) is 2.80. The fraction of sp³-hybridized carbons (Fsp3) is 0.100. The van der Waals surface area contributed by atoms with E-state index in [1.165, 1.54) is 0 Å². The van der Waals surface area contributed by atoms with Gasteiger partial charge in [0.05, 0.1) is 0 Å². The van der Waals surface area contributed by atoms with Gasteiger partial charge in [0.15, 0.2) is 0 Å². The molecule has 14 heavy (non-hydrogen) atoms. The van der Waals surface area contributed by atoms with Gasteiger partial charge in [0.2, 0.25) is 0 Å². The van der Waals surface area contributed by atoms with E-state index in [4.69, 9.17) is 15.9 Å². The second-order valence-electron chi connectivity index (χ2n) is 2.80. The van der Waals surface area contributed by atoms with Crippen LogP contribution in [0.25, 0.3) is 6.08 Å². The van der Waals surface area contributed by atoms with E-state index in [1.54, 1.807) is 6.08 Å². The lowest BCUT2D eigenvalue weighted by atomic mass is 10.0. The molecule has 0 saturated heterocycles. The molecule has 0 radical (unpaired) electrons. The molecule has 1 aromatic rings. The molecule has 70 valence electrons. The molecule has 1 N–H and O–H groups in total. The van der Waals surface area contributed by atoms with Crippen LogP contribution in [0.5, 0.6) is 0 Å². The van der Waals surface area contributed by atoms with Crippen LogP contribution >= 0.6 is 0 Å². The molecule has 4 heteroatoms. The van der Waals surface area contributed by atoms with Crippen LogP contribution in [-0.2, 0) is 4.79 Å². The molecule has 1 atom stereocenters. The highest BCUT2D eigenvalue weighted by Gasteiger charge is 2.22. The van der Waals surface area contributed by atoms with Crippen LogP contribution in [-0.4, -0.2) is 11.1 Å². The van der Waals surface area contributed by atoms with Crippen molar-refractivity contribution in [2.75, 3.05) is 0 Å². The van der Waals surface area contributed by atoms with Gasteiger partial charge in [0.25, 0.3) is 0 Å². The Morgan fingerprint density at radius 3 is 2.57 bits per heavy atom. The van der Waals surface area contributed by atoms with E-state index in [-0.39, 0.29) is 0 Å². The topological polar surface area (TPSA) is 84.9 Å². The van der Waals surface area contributed by atoms with Crippen LogP contribution < -0.4 is 0 Å². The van der Waals surface area contributed by atoms with Crippen molar-refractivity contribution in [2.45, 2.75) is 5.92 Å². The summed E-state index contributed by atoms with van der Waals surface area (Å²) in [7, 11) is 0. The normalized spacial score (nSPS) is 16.6. The van der Waals surface area contributed by atoms with E-state index >= 15 is 0 Å². The molecule has 1 unspecified atom stereocenters. The zero-order valence-corrected chi connectivity index (χ0v) is 7.29. The molecule has 0 saturated carbocycles. The van der Waals surface area contributed by atoms with Crippen molar-refractivity contribution in [3.05, 3.63) is 41.5 Å². The monoisotopic (exact) mass is 188 g/mol. The number of benzene rings is 1. The predicted molar refractivity (Wildman–Crippen MR) is 49.3 cm³/mol. The first-order valence-electron chi connectivity index (χ1n) is 3.99. The summed E-state index contributed by atoms with van der Waals surface area (Å²) in [5, 5.41) is 20.8. The summed E-state index contributed by atoms with van der Waals surface area (Å²) in [5.74, 6) is -1.22. The van der Waals surface area contributed by atoms with Crippen molar-refractivity contribution in [1.29, 1.82) is 10.8 Å². The fourth-order valence-corrected chi connectivity index (χ4v) is 1.46. The number of carboxylic acid groups (broad SMARTS) is 1. The summed E-state index contributed by atoms with van der Waals surface area (Å²) >= 11 is 0. The molecule has 1 aliphatic carbocycles. The van der Waals surface area contributed by atoms with Crippen molar-refractivity contribution in [2.24, 2.45) is 0 Å². The zero-order chi connectivity index (χ0) is 10.6. The number of aliphatic carboxylic acids is 1. The molecule has 0 aliphatic heterocycles. The van der Waals surface area contributed by atoms with Gasteiger partial charge < -0.3 is 5.11 Å². The Labute approximate surface area is 80.9 Å². The largest absolute Gasteiger partial charge is 0.481 e. The lowest BCUT2D eigenvalue weighted by Crippen LogP contribution is -2.06. The van der Waals surface area contributed by atoms with Gasteiger partial charge in [-0.05, 0) is 11.1 Å². The third-order valence-electron chi connectivity index (χ3n) is 2.07. The quantitative estimate of drug-likeness (QED) is 0.682. The van der Waals surface area contributed by atoms with Crippen LogP contribution in [0.15, 0.2) is 30.3 Å². The van der Waals surface area contributed by atoms with E-state index in [1.807, 2.05) is 30.3 Å². The summed E-state index contributed by atoms with van der Waals surface area (Å²) < 4.78 is 0. The molecular weight excluding hydrogens is 180 g/mol. The molecule has 0 heterocycles. The number of rotatable bonds is 1. The Hall–Kier alpha value is -2.15. The predicted octanol–water partition coefficient (Wildman–Crippen LogP) is 1.91. The van der Waals surface area contributed by atoms with E-state index in [9.17, 15) is 4.79 Å². The van der Waals surface area contributed by atoms with E-state index in [0.717, 1.165) is 11.1 Å².